The Morgan fingerprint density at radius 2 is 2.11 bits per heavy atom. The lowest BCUT2D eigenvalue weighted by atomic mass is 10.1. The Morgan fingerprint density at radius 3 is 2.68 bits per heavy atom. The van der Waals surface area contributed by atoms with Crippen molar-refractivity contribution in [2.45, 2.75) is 6.54 Å². The molecule has 1 aromatic heterocycles. The van der Waals surface area contributed by atoms with Crippen LogP contribution < -0.4 is 10.5 Å². The quantitative estimate of drug-likeness (QED) is 0.914. The molecule has 0 atom stereocenters. The monoisotopic (exact) mass is 277 g/mol. The van der Waals surface area contributed by atoms with Gasteiger partial charge >= 0.3 is 0 Å². The molecular weight excluding hydrogens is 262 g/mol. The van der Waals surface area contributed by atoms with Gasteiger partial charge in [-0.05, 0) is 24.3 Å². The number of hydrogen-bond donors (Lipinski definition) is 1. The summed E-state index contributed by atoms with van der Waals surface area (Å²) in [6, 6.07) is 7.66. The van der Waals surface area contributed by atoms with Crippen LogP contribution in [0, 0.1) is 0 Å². The Kier molecular flexibility index (Phi) is 4.24. The van der Waals surface area contributed by atoms with Crippen molar-refractivity contribution in [3.63, 3.8) is 0 Å². The topological polar surface area (TPSA) is 53.1 Å². The van der Waals surface area contributed by atoms with Crippen LogP contribution >= 0.6 is 11.6 Å². The Labute approximate surface area is 117 Å². The number of aromatic nitrogens is 2. The number of ether oxygens (including phenoxy) is 1. The number of halogens is 1. The average Bonchev–Trinajstić information content (AvgIpc) is 2.78. The van der Waals surface area contributed by atoms with Crippen molar-refractivity contribution in [2.24, 2.45) is 12.8 Å². The smallest absolute Gasteiger partial charge is 0.123 e. The Morgan fingerprint density at radius 1 is 1.42 bits per heavy atom. The molecule has 100 valence electrons. The molecule has 0 aliphatic heterocycles. The van der Waals surface area contributed by atoms with Gasteiger partial charge in [0.1, 0.15) is 12.4 Å². The third kappa shape index (κ3) is 3.36. The van der Waals surface area contributed by atoms with Gasteiger partial charge in [0.05, 0.1) is 5.69 Å². The second-order valence-electron chi connectivity index (χ2n) is 4.21. The van der Waals surface area contributed by atoms with Crippen LogP contribution in [0.5, 0.6) is 5.75 Å². The second kappa shape index (κ2) is 5.91. The van der Waals surface area contributed by atoms with E-state index in [0.717, 1.165) is 22.6 Å². The van der Waals surface area contributed by atoms with Crippen molar-refractivity contribution in [2.75, 3.05) is 6.61 Å². The van der Waals surface area contributed by atoms with Crippen molar-refractivity contribution in [3.8, 4) is 17.0 Å². The SMILES string of the molecule is C=C(Cl)COc1ccc(-c2nn(C)cc2CN)cc1. The summed E-state index contributed by atoms with van der Waals surface area (Å²) in [6.45, 7) is 4.34. The van der Waals surface area contributed by atoms with Crippen molar-refractivity contribution < 1.29 is 4.74 Å². The molecule has 5 heteroatoms. The van der Waals surface area contributed by atoms with Crippen LogP contribution in [0.2, 0.25) is 0 Å². The first-order valence-corrected chi connectivity index (χ1v) is 6.27. The summed E-state index contributed by atoms with van der Waals surface area (Å²) in [6.07, 6.45) is 1.93. The fraction of sp³-hybridized carbons (Fsp3) is 0.214. The molecule has 0 amide bonds. The third-order valence-electron chi connectivity index (χ3n) is 2.65. The van der Waals surface area contributed by atoms with Gasteiger partial charge in [0.25, 0.3) is 0 Å². The molecule has 19 heavy (non-hydrogen) atoms. The lowest BCUT2D eigenvalue weighted by molar-refractivity contribution is 0.359. The number of aryl methyl sites for hydroxylation is 1. The normalized spacial score (nSPS) is 10.5. The first-order valence-electron chi connectivity index (χ1n) is 5.89. The minimum absolute atomic E-state index is 0.304. The molecule has 0 unspecified atom stereocenters. The highest BCUT2D eigenvalue weighted by Crippen LogP contribution is 2.24. The fourth-order valence-corrected chi connectivity index (χ4v) is 1.86. The van der Waals surface area contributed by atoms with Gasteiger partial charge < -0.3 is 10.5 Å². The summed E-state index contributed by atoms with van der Waals surface area (Å²) in [4.78, 5) is 0. The molecule has 0 radical (unpaired) electrons. The molecule has 0 aliphatic carbocycles. The van der Waals surface area contributed by atoms with Gasteiger partial charge in [-0.25, -0.2) is 0 Å². The van der Waals surface area contributed by atoms with E-state index in [1.165, 1.54) is 0 Å². The molecule has 0 spiro atoms. The minimum atomic E-state index is 0.304. The van der Waals surface area contributed by atoms with Crippen molar-refractivity contribution in [3.05, 3.63) is 47.6 Å². The number of benzene rings is 1. The van der Waals surface area contributed by atoms with Crippen molar-refractivity contribution in [1.82, 2.24) is 9.78 Å². The van der Waals surface area contributed by atoms with E-state index in [4.69, 9.17) is 22.1 Å². The van der Waals surface area contributed by atoms with E-state index in [1.807, 2.05) is 37.5 Å². The van der Waals surface area contributed by atoms with Crippen LogP contribution in [-0.4, -0.2) is 16.4 Å². The predicted octanol–water partition coefficient (Wildman–Crippen LogP) is 2.68. The molecule has 4 nitrogen and oxygen atoms in total. The molecule has 2 N–H and O–H groups in total. The van der Waals surface area contributed by atoms with Crippen LogP contribution in [0.15, 0.2) is 42.1 Å². The summed E-state index contributed by atoms with van der Waals surface area (Å²) < 4.78 is 7.20. The Hall–Kier alpha value is -1.78. The molecule has 1 heterocycles. The van der Waals surface area contributed by atoms with Crippen LogP contribution in [0.3, 0.4) is 0 Å². The van der Waals surface area contributed by atoms with Crippen LogP contribution in [0.1, 0.15) is 5.56 Å². The lowest BCUT2D eigenvalue weighted by Crippen LogP contribution is -1.97. The van der Waals surface area contributed by atoms with Crippen molar-refractivity contribution >= 4 is 11.6 Å². The zero-order valence-electron chi connectivity index (χ0n) is 10.8. The van der Waals surface area contributed by atoms with Gasteiger partial charge in [0, 0.05) is 35.9 Å². The van der Waals surface area contributed by atoms with Crippen LogP contribution in [0.25, 0.3) is 11.3 Å². The minimum Gasteiger partial charge on any atom is -0.488 e. The summed E-state index contributed by atoms with van der Waals surface area (Å²) in [7, 11) is 1.88. The van der Waals surface area contributed by atoms with Gasteiger partial charge in [-0.2, -0.15) is 5.10 Å². The highest BCUT2D eigenvalue weighted by molar-refractivity contribution is 6.29. The van der Waals surface area contributed by atoms with E-state index in [0.29, 0.717) is 18.2 Å². The van der Waals surface area contributed by atoms with E-state index < -0.39 is 0 Å². The van der Waals surface area contributed by atoms with Crippen molar-refractivity contribution in [1.29, 1.82) is 0 Å². The molecule has 0 bridgehead atoms. The molecular formula is C14H16ClN3O. The maximum absolute atomic E-state index is 5.71. The molecule has 0 saturated heterocycles. The van der Waals surface area contributed by atoms with Gasteiger partial charge in [-0.3, -0.25) is 4.68 Å². The first-order chi connectivity index (χ1) is 9.10. The molecule has 2 aromatic rings. The zero-order valence-corrected chi connectivity index (χ0v) is 11.5. The predicted molar refractivity (Wildman–Crippen MR) is 77.0 cm³/mol. The zero-order chi connectivity index (χ0) is 13.8. The first kappa shape index (κ1) is 13.6. The van der Waals surface area contributed by atoms with E-state index in [-0.39, 0.29) is 0 Å². The summed E-state index contributed by atoms with van der Waals surface area (Å²) >= 11 is 5.65. The van der Waals surface area contributed by atoms with E-state index in [9.17, 15) is 0 Å². The van der Waals surface area contributed by atoms with E-state index >= 15 is 0 Å². The van der Waals surface area contributed by atoms with Crippen LogP contribution in [0.4, 0.5) is 0 Å². The Bertz CT molecular complexity index is 575. The number of nitrogens with zero attached hydrogens (tertiary/aromatic N) is 2. The molecule has 1 aromatic carbocycles. The molecule has 2 rings (SSSR count). The molecule has 0 saturated carbocycles. The lowest BCUT2D eigenvalue weighted by Gasteiger charge is -2.06. The van der Waals surface area contributed by atoms with E-state index in [2.05, 4.69) is 11.7 Å². The summed E-state index contributed by atoms with van der Waals surface area (Å²) in [5, 5.41) is 4.89. The van der Waals surface area contributed by atoms with Crippen LogP contribution in [-0.2, 0) is 13.6 Å². The summed E-state index contributed by atoms with van der Waals surface area (Å²) in [5.74, 6) is 0.746. The number of hydrogen-bond acceptors (Lipinski definition) is 3. The second-order valence-corrected chi connectivity index (χ2v) is 4.75. The maximum Gasteiger partial charge on any atom is 0.123 e. The fourth-order valence-electron chi connectivity index (χ4n) is 1.80. The number of rotatable bonds is 5. The maximum atomic E-state index is 5.71. The van der Waals surface area contributed by atoms with Gasteiger partial charge in [-0.1, -0.05) is 18.2 Å². The molecule has 0 aliphatic rings. The van der Waals surface area contributed by atoms with Gasteiger partial charge in [0.2, 0.25) is 0 Å². The van der Waals surface area contributed by atoms with Gasteiger partial charge in [0.15, 0.2) is 0 Å². The third-order valence-corrected chi connectivity index (χ3v) is 2.76. The highest BCUT2D eigenvalue weighted by atomic mass is 35.5. The average molecular weight is 278 g/mol. The van der Waals surface area contributed by atoms with E-state index in [1.54, 1.807) is 4.68 Å². The summed E-state index contributed by atoms with van der Waals surface area (Å²) in [5.41, 5.74) is 8.64. The Balaban J connectivity index is 2.19. The largest absolute Gasteiger partial charge is 0.488 e. The standard InChI is InChI=1S/C14H16ClN3O/c1-10(15)9-19-13-5-3-11(4-6-13)14-12(7-16)8-18(2)17-14/h3-6,8H,1,7,9,16H2,2H3. The highest BCUT2D eigenvalue weighted by Gasteiger charge is 2.08. The number of nitrogens with two attached hydrogens (primary N) is 1. The van der Waals surface area contributed by atoms with Gasteiger partial charge in [-0.15, -0.1) is 0 Å². The molecule has 0 fully saturated rings.